The van der Waals surface area contributed by atoms with Gasteiger partial charge in [0.2, 0.25) is 5.88 Å². The first-order chi connectivity index (χ1) is 10.2. The van der Waals surface area contributed by atoms with Crippen molar-refractivity contribution < 1.29 is 14.2 Å². The van der Waals surface area contributed by atoms with Crippen molar-refractivity contribution in [3.05, 3.63) is 36.2 Å². The van der Waals surface area contributed by atoms with Crippen molar-refractivity contribution in [1.82, 2.24) is 9.97 Å². The van der Waals surface area contributed by atoms with Gasteiger partial charge in [-0.2, -0.15) is 4.98 Å². The summed E-state index contributed by atoms with van der Waals surface area (Å²) in [6, 6.07) is 9.15. The average molecular weight is 289 g/mol. The van der Waals surface area contributed by atoms with Crippen LogP contribution in [0.3, 0.4) is 0 Å². The summed E-state index contributed by atoms with van der Waals surface area (Å²) >= 11 is 0. The third kappa shape index (κ3) is 4.32. The predicted molar refractivity (Wildman–Crippen MR) is 80.0 cm³/mol. The highest BCUT2D eigenvalue weighted by Gasteiger charge is 2.06. The number of nitrogens with one attached hydrogen (secondary N) is 1. The number of anilines is 1. The van der Waals surface area contributed by atoms with Gasteiger partial charge in [-0.3, -0.25) is 0 Å². The standard InChI is InChI=1S/C15H19N3O3/c1-4-20-11-6-5-7-12(8-11)21-15-9-13(16-2)17-14(18-15)10-19-3/h5-9H,4,10H2,1-3H3,(H,16,17,18). The zero-order valence-electron chi connectivity index (χ0n) is 12.4. The number of ether oxygens (including phenoxy) is 3. The lowest BCUT2D eigenvalue weighted by Crippen LogP contribution is -2.03. The maximum Gasteiger partial charge on any atom is 0.224 e. The summed E-state index contributed by atoms with van der Waals surface area (Å²) in [4.78, 5) is 8.58. The fourth-order valence-corrected chi connectivity index (χ4v) is 1.76. The van der Waals surface area contributed by atoms with Crippen LogP contribution < -0.4 is 14.8 Å². The van der Waals surface area contributed by atoms with E-state index in [0.29, 0.717) is 36.5 Å². The molecule has 0 aliphatic heterocycles. The summed E-state index contributed by atoms with van der Waals surface area (Å²) in [5.41, 5.74) is 0. The second-order valence-corrected chi connectivity index (χ2v) is 4.20. The summed E-state index contributed by atoms with van der Waals surface area (Å²) in [5.74, 6) is 3.10. The number of hydrogen-bond donors (Lipinski definition) is 1. The van der Waals surface area contributed by atoms with Crippen LogP contribution in [0.5, 0.6) is 17.4 Å². The van der Waals surface area contributed by atoms with Crippen LogP contribution in [-0.4, -0.2) is 30.7 Å². The number of methoxy groups -OCH3 is 1. The minimum absolute atomic E-state index is 0.324. The van der Waals surface area contributed by atoms with Gasteiger partial charge in [0.1, 0.15) is 23.9 Å². The van der Waals surface area contributed by atoms with Crippen molar-refractivity contribution in [2.45, 2.75) is 13.5 Å². The fraction of sp³-hybridized carbons (Fsp3) is 0.333. The van der Waals surface area contributed by atoms with Gasteiger partial charge in [-0.15, -0.1) is 0 Å². The van der Waals surface area contributed by atoms with E-state index in [1.165, 1.54) is 0 Å². The monoisotopic (exact) mass is 289 g/mol. The summed E-state index contributed by atoms with van der Waals surface area (Å²) < 4.78 is 16.3. The summed E-state index contributed by atoms with van der Waals surface area (Å²) in [7, 11) is 3.39. The number of aromatic nitrogens is 2. The average Bonchev–Trinajstić information content (AvgIpc) is 2.48. The first-order valence-electron chi connectivity index (χ1n) is 6.70. The van der Waals surface area contributed by atoms with Crippen LogP contribution in [0.15, 0.2) is 30.3 Å². The van der Waals surface area contributed by atoms with Crippen LogP contribution in [0.1, 0.15) is 12.7 Å². The Kier molecular flexibility index (Phi) is 5.34. The first-order valence-corrected chi connectivity index (χ1v) is 6.70. The lowest BCUT2D eigenvalue weighted by atomic mass is 10.3. The highest BCUT2D eigenvalue weighted by molar-refractivity contribution is 5.40. The molecule has 1 aromatic heterocycles. The molecule has 112 valence electrons. The molecule has 6 heteroatoms. The Morgan fingerprint density at radius 3 is 2.67 bits per heavy atom. The lowest BCUT2D eigenvalue weighted by molar-refractivity contribution is 0.177. The van der Waals surface area contributed by atoms with E-state index in [1.807, 2.05) is 31.2 Å². The van der Waals surface area contributed by atoms with Crippen molar-refractivity contribution in [3.63, 3.8) is 0 Å². The molecule has 0 radical (unpaired) electrons. The molecule has 2 rings (SSSR count). The van der Waals surface area contributed by atoms with Crippen LogP contribution in [0.2, 0.25) is 0 Å². The topological polar surface area (TPSA) is 65.5 Å². The van der Waals surface area contributed by atoms with Crippen molar-refractivity contribution in [2.24, 2.45) is 0 Å². The van der Waals surface area contributed by atoms with E-state index < -0.39 is 0 Å². The third-order valence-electron chi connectivity index (χ3n) is 2.62. The lowest BCUT2D eigenvalue weighted by Gasteiger charge is -2.10. The fourth-order valence-electron chi connectivity index (χ4n) is 1.76. The van der Waals surface area contributed by atoms with Gasteiger partial charge in [0.05, 0.1) is 6.61 Å². The molecule has 0 bridgehead atoms. The zero-order chi connectivity index (χ0) is 15.1. The second-order valence-electron chi connectivity index (χ2n) is 4.20. The Morgan fingerprint density at radius 1 is 1.14 bits per heavy atom. The SMILES string of the molecule is CCOc1cccc(Oc2cc(NC)nc(COC)n2)c1. The van der Waals surface area contributed by atoms with Crippen LogP contribution >= 0.6 is 0 Å². The van der Waals surface area contributed by atoms with Crippen molar-refractivity contribution in [1.29, 1.82) is 0 Å². The molecule has 21 heavy (non-hydrogen) atoms. The van der Waals surface area contributed by atoms with Crippen LogP contribution in [0, 0.1) is 0 Å². The van der Waals surface area contributed by atoms with Gasteiger partial charge in [0.15, 0.2) is 5.82 Å². The molecule has 0 amide bonds. The van der Waals surface area contributed by atoms with Crippen LogP contribution in [0.25, 0.3) is 0 Å². The van der Waals surface area contributed by atoms with Gasteiger partial charge in [-0.25, -0.2) is 4.98 Å². The van der Waals surface area contributed by atoms with Gasteiger partial charge in [0, 0.05) is 26.3 Å². The van der Waals surface area contributed by atoms with Gasteiger partial charge in [0.25, 0.3) is 0 Å². The second kappa shape index (κ2) is 7.44. The molecular weight excluding hydrogens is 270 g/mol. The molecule has 0 fully saturated rings. The summed E-state index contributed by atoms with van der Waals surface area (Å²) in [6.07, 6.45) is 0. The molecule has 1 N–H and O–H groups in total. The van der Waals surface area contributed by atoms with Gasteiger partial charge in [-0.05, 0) is 19.1 Å². The Balaban J connectivity index is 2.21. The van der Waals surface area contributed by atoms with Crippen molar-refractivity contribution >= 4 is 5.82 Å². The van der Waals surface area contributed by atoms with Gasteiger partial charge >= 0.3 is 0 Å². The number of benzene rings is 1. The largest absolute Gasteiger partial charge is 0.494 e. The molecule has 1 heterocycles. The molecule has 1 aromatic carbocycles. The van der Waals surface area contributed by atoms with E-state index in [-0.39, 0.29) is 0 Å². The van der Waals surface area contributed by atoms with E-state index in [1.54, 1.807) is 20.2 Å². The molecule has 0 spiro atoms. The van der Waals surface area contributed by atoms with Crippen LogP contribution in [-0.2, 0) is 11.3 Å². The number of hydrogen-bond acceptors (Lipinski definition) is 6. The molecule has 0 unspecified atom stereocenters. The molecular formula is C15H19N3O3. The molecule has 0 atom stereocenters. The molecule has 0 aliphatic rings. The van der Waals surface area contributed by atoms with E-state index in [0.717, 1.165) is 5.75 Å². The number of nitrogens with zero attached hydrogens (tertiary/aromatic N) is 2. The summed E-state index contributed by atoms with van der Waals surface area (Å²) in [5, 5.41) is 2.97. The van der Waals surface area contributed by atoms with Crippen molar-refractivity contribution in [3.8, 4) is 17.4 Å². The van der Waals surface area contributed by atoms with Gasteiger partial charge < -0.3 is 19.5 Å². The minimum atomic E-state index is 0.324. The third-order valence-corrected chi connectivity index (χ3v) is 2.62. The summed E-state index contributed by atoms with van der Waals surface area (Å²) in [6.45, 7) is 2.87. The van der Waals surface area contributed by atoms with Crippen molar-refractivity contribution in [2.75, 3.05) is 26.1 Å². The smallest absolute Gasteiger partial charge is 0.224 e. The van der Waals surface area contributed by atoms with E-state index in [9.17, 15) is 0 Å². The van der Waals surface area contributed by atoms with Gasteiger partial charge in [-0.1, -0.05) is 6.07 Å². The zero-order valence-corrected chi connectivity index (χ0v) is 12.4. The van der Waals surface area contributed by atoms with E-state index in [2.05, 4.69) is 15.3 Å². The first kappa shape index (κ1) is 15.1. The quantitative estimate of drug-likeness (QED) is 0.845. The van der Waals surface area contributed by atoms with E-state index in [4.69, 9.17) is 14.2 Å². The molecule has 0 saturated carbocycles. The minimum Gasteiger partial charge on any atom is -0.494 e. The Morgan fingerprint density at radius 2 is 1.95 bits per heavy atom. The molecule has 0 saturated heterocycles. The molecule has 6 nitrogen and oxygen atoms in total. The Labute approximate surface area is 124 Å². The maximum absolute atomic E-state index is 5.77. The van der Waals surface area contributed by atoms with E-state index >= 15 is 0 Å². The highest BCUT2D eigenvalue weighted by atomic mass is 16.5. The normalized spacial score (nSPS) is 10.2. The molecule has 2 aromatic rings. The maximum atomic E-state index is 5.77. The van der Waals surface area contributed by atoms with Crippen LogP contribution in [0.4, 0.5) is 5.82 Å². The highest BCUT2D eigenvalue weighted by Crippen LogP contribution is 2.25. The predicted octanol–water partition coefficient (Wildman–Crippen LogP) is 2.86. The Bertz CT molecular complexity index is 590. The molecule has 0 aliphatic carbocycles. The number of rotatable bonds is 7. The Hall–Kier alpha value is -2.34.